The molecule has 0 bridgehead atoms. The van der Waals surface area contributed by atoms with E-state index in [1.807, 2.05) is 12.1 Å². The van der Waals surface area contributed by atoms with Crippen LogP contribution < -0.4 is 0 Å². The summed E-state index contributed by atoms with van der Waals surface area (Å²) in [6, 6.07) is 6.03. The van der Waals surface area contributed by atoms with E-state index < -0.39 is 0 Å². The Morgan fingerprint density at radius 2 is 2.00 bits per heavy atom. The molecule has 0 radical (unpaired) electrons. The zero-order valence-electron chi connectivity index (χ0n) is 5.89. The average Bonchev–Trinajstić information content (AvgIpc) is 1.93. The highest BCUT2D eigenvalue weighted by molar-refractivity contribution is 9.10. The summed E-state index contributed by atoms with van der Waals surface area (Å²) in [7, 11) is 0. The van der Waals surface area contributed by atoms with Gasteiger partial charge in [0.2, 0.25) is 0 Å². The summed E-state index contributed by atoms with van der Waals surface area (Å²) in [6.45, 7) is 0. The number of rotatable bonds is 0. The molecule has 2 heteroatoms. The normalized spacial score (nSPS) is 13.1. The van der Waals surface area contributed by atoms with Gasteiger partial charge in [0, 0.05) is 4.47 Å². The van der Waals surface area contributed by atoms with Crippen LogP contribution in [0.3, 0.4) is 0 Å². The van der Waals surface area contributed by atoms with E-state index in [1.54, 1.807) is 0 Å². The van der Waals surface area contributed by atoms with Crippen molar-refractivity contribution < 1.29 is 0 Å². The van der Waals surface area contributed by atoms with E-state index >= 15 is 0 Å². The van der Waals surface area contributed by atoms with Crippen LogP contribution in [0.4, 0.5) is 0 Å². The van der Waals surface area contributed by atoms with Crippen LogP contribution in [0.2, 0.25) is 0 Å². The molecule has 2 rings (SSSR count). The molecule has 0 aliphatic heterocycles. The predicted molar refractivity (Wildman–Crippen MR) is 46.3 cm³/mol. The molecule has 0 saturated heterocycles. The summed E-state index contributed by atoms with van der Waals surface area (Å²) >= 11 is 3.45. The number of nitrogens with zero attached hydrogens (tertiary/aromatic N) is 1. The van der Waals surface area contributed by atoms with Gasteiger partial charge in [-0.3, -0.25) is 0 Å². The molecule has 0 atom stereocenters. The van der Waals surface area contributed by atoms with E-state index in [4.69, 9.17) is 5.26 Å². The fourth-order valence-electron chi connectivity index (χ4n) is 1.40. The molecule has 1 nitrogen and oxygen atoms in total. The minimum absolute atomic E-state index is 0.842. The molecule has 11 heavy (non-hydrogen) atoms. The van der Waals surface area contributed by atoms with Gasteiger partial charge >= 0.3 is 0 Å². The first kappa shape index (κ1) is 6.87. The topological polar surface area (TPSA) is 23.8 Å². The number of hydrogen-bond acceptors (Lipinski definition) is 1. The standard InChI is InChI=1S/C9H6BrN/c10-9-4-1-6(5-11)7-2-3-8(7)9/h1,4H,2-3H2. The average molecular weight is 208 g/mol. The van der Waals surface area contributed by atoms with Crippen LogP contribution in [0.5, 0.6) is 0 Å². The lowest BCUT2D eigenvalue weighted by atomic mass is 9.85. The Kier molecular flexibility index (Phi) is 1.47. The number of hydrogen-bond donors (Lipinski definition) is 0. The van der Waals surface area contributed by atoms with Crippen molar-refractivity contribution in [1.29, 1.82) is 5.26 Å². The quantitative estimate of drug-likeness (QED) is 0.642. The van der Waals surface area contributed by atoms with Crippen LogP contribution in [-0.4, -0.2) is 0 Å². The fourth-order valence-corrected chi connectivity index (χ4v) is 1.97. The third-order valence-electron chi connectivity index (χ3n) is 2.12. The number of fused-ring (bicyclic) bond motifs is 1. The Hall–Kier alpha value is -0.810. The smallest absolute Gasteiger partial charge is 0.0994 e. The highest BCUT2D eigenvalue weighted by Crippen LogP contribution is 2.32. The molecule has 1 aromatic rings. The summed E-state index contributed by atoms with van der Waals surface area (Å²) in [4.78, 5) is 0. The minimum Gasteiger partial charge on any atom is -0.192 e. The molecule has 0 aromatic heterocycles. The van der Waals surface area contributed by atoms with E-state index in [1.165, 1.54) is 11.1 Å². The Bertz CT molecular complexity index is 349. The molecule has 0 unspecified atom stereocenters. The molecule has 0 amide bonds. The van der Waals surface area contributed by atoms with Crippen LogP contribution in [0.25, 0.3) is 0 Å². The fraction of sp³-hybridized carbons (Fsp3) is 0.222. The van der Waals surface area contributed by atoms with Gasteiger partial charge in [-0.2, -0.15) is 5.26 Å². The molecule has 0 fully saturated rings. The van der Waals surface area contributed by atoms with Crippen LogP contribution >= 0.6 is 15.9 Å². The van der Waals surface area contributed by atoms with E-state index in [-0.39, 0.29) is 0 Å². The largest absolute Gasteiger partial charge is 0.192 e. The number of benzene rings is 1. The lowest BCUT2D eigenvalue weighted by Crippen LogP contribution is -2.11. The maximum absolute atomic E-state index is 8.70. The van der Waals surface area contributed by atoms with Gasteiger partial charge in [-0.1, -0.05) is 15.9 Å². The first-order chi connectivity index (χ1) is 5.33. The summed E-state index contributed by atoms with van der Waals surface area (Å²) in [5, 5.41) is 8.70. The second-order valence-corrected chi connectivity index (χ2v) is 3.52. The van der Waals surface area contributed by atoms with E-state index in [0.717, 1.165) is 22.9 Å². The van der Waals surface area contributed by atoms with Gasteiger partial charge in [0.25, 0.3) is 0 Å². The maximum Gasteiger partial charge on any atom is 0.0994 e. The lowest BCUT2D eigenvalue weighted by Gasteiger charge is -2.21. The molecular weight excluding hydrogens is 202 g/mol. The van der Waals surface area contributed by atoms with Crippen LogP contribution in [0, 0.1) is 11.3 Å². The Morgan fingerprint density at radius 3 is 2.55 bits per heavy atom. The molecule has 0 heterocycles. The Morgan fingerprint density at radius 1 is 1.27 bits per heavy atom. The molecular formula is C9H6BrN. The minimum atomic E-state index is 0.842. The molecule has 0 spiro atoms. The number of halogens is 1. The van der Waals surface area contributed by atoms with Gasteiger partial charge < -0.3 is 0 Å². The summed E-state index contributed by atoms with van der Waals surface area (Å²) in [6.07, 6.45) is 2.18. The highest BCUT2D eigenvalue weighted by atomic mass is 79.9. The van der Waals surface area contributed by atoms with Gasteiger partial charge in [-0.15, -0.1) is 0 Å². The third kappa shape index (κ3) is 0.883. The van der Waals surface area contributed by atoms with Gasteiger partial charge in [-0.25, -0.2) is 0 Å². The van der Waals surface area contributed by atoms with Crippen LogP contribution in [0.1, 0.15) is 16.7 Å². The molecule has 0 N–H and O–H groups in total. The van der Waals surface area contributed by atoms with Crippen LogP contribution in [-0.2, 0) is 12.8 Å². The van der Waals surface area contributed by atoms with Crippen molar-refractivity contribution in [2.45, 2.75) is 12.8 Å². The van der Waals surface area contributed by atoms with Gasteiger partial charge in [0.1, 0.15) is 0 Å². The van der Waals surface area contributed by atoms with Crippen molar-refractivity contribution in [3.8, 4) is 6.07 Å². The molecule has 54 valence electrons. The Balaban J connectivity index is 2.67. The SMILES string of the molecule is N#Cc1ccc(Br)c2c1CC2. The van der Waals surface area contributed by atoms with Crippen molar-refractivity contribution in [2.75, 3.05) is 0 Å². The number of nitriles is 1. The highest BCUT2D eigenvalue weighted by Gasteiger charge is 2.19. The van der Waals surface area contributed by atoms with E-state index in [9.17, 15) is 0 Å². The molecule has 1 aliphatic carbocycles. The van der Waals surface area contributed by atoms with Crippen molar-refractivity contribution in [3.63, 3.8) is 0 Å². The van der Waals surface area contributed by atoms with Crippen molar-refractivity contribution in [1.82, 2.24) is 0 Å². The second-order valence-electron chi connectivity index (χ2n) is 2.66. The first-order valence-electron chi connectivity index (χ1n) is 3.53. The molecule has 1 aliphatic rings. The van der Waals surface area contributed by atoms with Crippen molar-refractivity contribution in [3.05, 3.63) is 33.3 Å². The zero-order chi connectivity index (χ0) is 7.84. The third-order valence-corrected chi connectivity index (χ3v) is 2.86. The maximum atomic E-state index is 8.70. The van der Waals surface area contributed by atoms with Crippen molar-refractivity contribution in [2.24, 2.45) is 0 Å². The van der Waals surface area contributed by atoms with Gasteiger partial charge in [-0.05, 0) is 36.1 Å². The van der Waals surface area contributed by atoms with Gasteiger partial charge in [0.15, 0.2) is 0 Å². The second kappa shape index (κ2) is 2.35. The summed E-state index contributed by atoms with van der Waals surface area (Å²) < 4.78 is 1.15. The predicted octanol–water partition coefficient (Wildman–Crippen LogP) is 2.42. The van der Waals surface area contributed by atoms with Crippen molar-refractivity contribution >= 4 is 15.9 Å². The van der Waals surface area contributed by atoms with Crippen LogP contribution in [0.15, 0.2) is 16.6 Å². The van der Waals surface area contributed by atoms with E-state index in [0.29, 0.717) is 0 Å². The molecule has 0 saturated carbocycles. The first-order valence-corrected chi connectivity index (χ1v) is 4.32. The Labute approximate surface area is 73.8 Å². The summed E-state index contributed by atoms with van der Waals surface area (Å²) in [5.41, 5.74) is 3.40. The lowest BCUT2D eigenvalue weighted by molar-refractivity contribution is 0.827. The zero-order valence-corrected chi connectivity index (χ0v) is 7.48. The van der Waals surface area contributed by atoms with Gasteiger partial charge in [0.05, 0.1) is 11.6 Å². The molecule has 1 aromatic carbocycles. The monoisotopic (exact) mass is 207 g/mol. The summed E-state index contributed by atoms with van der Waals surface area (Å²) in [5.74, 6) is 0. The van der Waals surface area contributed by atoms with E-state index in [2.05, 4.69) is 22.0 Å².